The van der Waals surface area contributed by atoms with Crippen LogP contribution >= 0.6 is 11.6 Å². The fourth-order valence-electron chi connectivity index (χ4n) is 1.69. The lowest BCUT2D eigenvalue weighted by Gasteiger charge is -2.23. The van der Waals surface area contributed by atoms with Crippen molar-refractivity contribution >= 4 is 23.0 Å². The predicted molar refractivity (Wildman–Crippen MR) is 74.4 cm³/mol. The Morgan fingerprint density at radius 2 is 2.06 bits per heavy atom. The summed E-state index contributed by atoms with van der Waals surface area (Å²) in [5, 5.41) is 13.6. The lowest BCUT2D eigenvalue weighted by Crippen LogP contribution is -2.25. The van der Waals surface area contributed by atoms with Crippen molar-refractivity contribution in [2.45, 2.75) is 33.3 Å². The van der Waals surface area contributed by atoms with Gasteiger partial charge in [-0.1, -0.05) is 32.4 Å². The van der Waals surface area contributed by atoms with Gasteiger partial charge in [-0.2, -0.15) is 0 Å². The maximum absolute atomic E-state index is 9.87. The Labute approximate surface area is 108 Å². The van der Waals surface area contributed by atoms with E-state index >= 15 is 0 Å². The van der Waals surface area contributed by atoms with Crippen LogP contribution in [-0.4, -0.2) is 17.8 Å². The molecule has 0 saturated carbocycles. The number of nitrogens with one attached hydrogen (secondary N) is 1. The molecule has 17 heavy (non-hydrogen) atoms. The highest BCUT2D eigenvalue weighted by Gasteiger charge is 2.16. The van der Waals surface area contributed by atoms with E-state index in [1.54, 1.807) is 18.2 Å². The van der Waals surface area contributed by atoms with Gasteiger partial charge < -0.3 is 16.2 Å². The van der Waals surface area contributed by atoms with Crippen LogP contribution in [0, 0.1) is 5.41 Å². The zero-order valence-corrected chi connectivity index (χ0v) is 11.4. The van der Waals surface area contributed by atoms with E-state index < -0.39 is 6.10 Å². The molecule has 0 aliphatic rings. The molecule has 0 aliphatic carbocycles. The molecule has 0 aliphatic heterocycles. The molecule has 1 aromatic carbocycles. The molecule has 1 unspecified atom stereocenters. The molecule has 4 heteroatoms. The van der Waals surface area contributed by atoms with E-state index in [1.165, 1.54) is 0 Å². The first-order chi connectivity index (χ1) is 7.78. The van der Waals surface area contributed by atoms with E-state index in [-0.39, 0.29) is 5.41 Å². The Hall–Kier alpha value is -0.930. The number of hydrogen-bond acceptors (Lipinski definition) is 3. The summed E-state index contributed by atoms with van der Waals surface area (Å²) < 4.78 is 0. The standard InChI is InChI=1S/C13H21ClN2O/c1-13(2,3)7-10(17)8-16-12-6-9(14)4-5-11(12)15/h4-6,10,16-17H,7-8,15H2,1-3H3. The highest BCUT2D eigenvalue weighted by molar-refractivity contribution is 6.31. The van der Waals surface area contributed by atoms with Crippen molar-refractivity contribution in [2.24, 2.45) is 5.41 Å². The molecular formula is C13H21ClN2O. The average Bonchev–Trinajstić information content (AvgIpc) is 2.17. The number of hydrogen-bond donors (Lipinski definition) is 3. The van der Waals surface area contributed by atoms with Crippen LogP contribution in [0.5, 0.6) is 0 Å². The third kappa shape index (κ3) is 5.29. The van der Waals surface area contributed by atoms with E-state index in [0.717, 1.165) is 12.1 Å². The number of aliphatic hydroxyl groups excluding tert-OH is 1. The Morgan fingerprint density at radius 1 is 1.41 bits per heavy atom. The summed E-state index contributed by atoms with van der Waals surface area (Å²) in [7, 11) is 0. The summed E-state index contributed by atoms with van der Waals surface area (Å²) >= 11 is 5.88. The molecular weight excluding hydrogens is 236 g/mol. The van der Waals surface area contributed by atoms with Gasteiger partial charge in [0.2, 0.25) is 0 Å². The Balaban J connectivity index is 2.53. The van der Waals surface area contributed by atoms with Crippen molar-refractivity contribution in [3.05, 3.63) is 23.2 Å². The van der Waals surface area contributed by atoms with Crippen LogP contribution in [-0.2, 0) is 0 Å². The summed E-state index contributed by atoms with van der Waals surface area (Å²) in [5.74, 6) is 0. The first-order valence-electron chi connectivity index (χ1n) is 5.75. The van der Waals surface area contributed by atoms with E-state index in [4.69, 9.17) is 17.3 Å². The van der Waals surface area contributed by atoms with Gasteiger partial charge in [0.05, 0.1) is 17.5 Å². The maximum Gasteiger partial charge on any atom is 0.0717 e. The molecule has 1 aromatic rings. The van der Waals surface area contributed by atoms with Crippen molar-refractivity contribution in [3.63, 3.8) is 0 Å². The van der Waals surface area contributed by atoms with Crippen molar-refractivity contribution < 1.29 is 5.11 Å². The van der Waals surface area contributed by atoms with Gasteiger partial charge in [0.1, 0.15) is 0 Å². The minimum absolute atomic E-state index is 0.112. The van der Waals surface area contributed by atoms with Gasteiger partial charge in [0.15, 0.2) is 0 Å². The van der Waals surface area contributed by atoms with Gasteiger partial charge in [-0.05, 0) is 30.0 Å². The van der Waals surface area contributed by atoms with Gasteiger partial charge in [-0.3, -0.25) is 0 Å². The lowest BCUT2D eigenvalue weighted by atomic mass is 9.89. The number of halogens is 1. The molecule has 0 spiro atoms. The van der Waals surface area contributed by atoms with Crippen molar-refractivity contribution in [2.75, 3.05) is 17.6 Å². The zero-order chi connectivity index (χ0) is 13.1. The van der Waals surface area contributed by atoms with E-state index in [0.29, 0.717) is 17.3 Å². The first-order valence-corrected chi connectivity index (χ1v) is 6.13. The third-order valence-electron chi connectivity index (χ3n) is 2.39. The molecule has 0 saturated heterocycles. The van der Waals surface area contributed by atoms with Crippen LogP contribution in [0.15, 0.2) is 18.2 Å². The van der Waals surface area contributed by atoms with Crippen molar-refractivity contribution in [3.8, 4) is 0 Å². The van der Waals surface area contributed by atoms with Crippen LogP contribution in [0.2, 0.25) is 5.02 Å². The number of nitrogen functional groups attached to an aromatic ring is 1. The van der Waals surface area contributed by atoms with Gasteiger partial charge in [0.25, 0.3) is 0 Å². The Morgan fingerprint density at radius 3 is 2.65 bits per heavy atom. The zero-order valence-electron chi connectivity index (χ0n) is 10.6. The molecule has 0 radical (unpaired) electrons. The normalized spacial score (nSPS) is 13.5. The Bertz CT molecular complexity index is 374. The second-order valence-corrected chi connectivity index (χ2v) is 5.97. The molecule has 0 amide bonds. The number of aliphatic hydroxyl groups is 1. The monoisotopic (exact) mass is 256 g/mol. The van der Waals surface area contributed by atoms with Crippen molar-refractivity contribution in [1.82, 2.24) is 0 Å². The largest absolute Gasteiger partial charge is 0.397 e. The maximum atomic E-state index is 9.87. The average molecular weight is 257 g/mol. The minimum Gasteiger partial charge on any atom is -0.397 e. The van der Waals surface area contributed by atoms with Gasteiger partial charge in [-0.25, -0.2) is 0 Å². The summed E-state index contributed by atoms with van der Waals surface area (Å²) in [5.41, 5.74) is 7.32. The topological polar surface area (TPSA) is 58.3 Å². The van der Waals surface area contributed by atoms with Crippen molar-refractivity contribution in [1.29, 1.82) is 0 Å². The first kappa shape index (κ1) is 14.1. The molecule has 3 nitrogen and oxygen atoms in total. The molecule has 1 atom stereocenters. The molecule has 0 bridgehead atoms. The summed E-state index contributed by atoms with van der Waals surface area (Å²) in [4.78, 5) is 0. The second-order valence-electron chi connectivity index (χ2n) is 5.53. The molecule has 0 heterocycles. The molecule has 0 fully saturated rings. The van der Waals surface area contributed by atoms with Crippen LogP contribution in [0.1, 0.15) is 27.2 Å². The molecule has 4 N–H and O–H groups in total. The van der Waals surface area contributed by atoms with Gasteiger partial charge in [-0.15, -0.1) is 0 Å². The highest BCUT2D eigenvalue weighted by atomic mass is 35.5. The summed E-state index contributed by atoms with van der Waals surface area (Å²) in [6.07, 6.45) is 0.342. The smallest absolute Gasteiger partial charge is 0.0717 e. The van der Waals surface area contributed by atoms with Crippen LogP contribution in [0.4, 0.5) is 11.4 Å². The SMILES string of the molecule is CC(C)(C)CC(O)CNc1cc(Cl)ccc1N. The van der Waals surface area contributed by atoms with Crippen LogP contribution in [0.3, 0.4) is 0 Å². The highest BCUT2D eigenvalue weighted by Crippen LogP contribution is 2.24. The fourth-order valence-corrected chi connectivity index (χ4v) is 1.86. The third-order valence-corrected chi connectivity index (χ3v) is 2.63. The van der Waals surface area contributed by atoms with Crippen LogP contribution in [0.25, 0.3) is 0 Å². The molecule has 1 rings (SSSR count). The number of anilines is 2. The van der Waals surface area contributed by atoms with E-state index in [2.05, 4.69) is 26.1 Å². The number of benzene rings is 1. The molecule has 0 aromatic heterocycles. The van der Waals surface area contributed by atoms with E-state index in [1.807, 2.05) is 0 Å². The summed E-state index contributed by atoms with van der Waals surface area (Å²) in [6, 6.07) is 5.26. The van der Waals surface area contributed by atoms with E-state index in [9.17, 15) is 5.11 Å². The quantitative estimate of drug-likeness (QED) is 0.726. The second kappa shape index (κ2) is 5.61. The Kier molecular flexibility index (Phi) is 4.66. The number of nitrogens with two attached hydrogens (primary N) is 1. The minimum atomic E-state index is -0.395. The van der Waals surface area contributed by atoms with Crippen LogP contribution < -0.4 is 11.1 Å². The van der Waals surface area contributed by atoms with Gasteiger partial charge in [0, 0.05) is 11.6 Å². The summed E-state index contributed by atoms with van der Waals surface area (Å²) in [6.45, 7) is 6.78. The molecule has 96 valence electrons. The number of rotatable bonds is 4. The van der Waals surface area contributed by atoms with Gasteiger partial charge >= 0.3 is 0 Å². The fraction of sp³-hybridized carbons (Fsp3) is 0.538. The lowest BCUT2D eigenvalue weighted by molar-refractivity contribution is 0.132. The predicted octanol–water partition coefficient (Wildman–Crippen LogP) is 3.13.